The number of benzene rings is 1. The lowest BCUT2D eigenvalue weighted by Crippen LogP contribution is -2.41. The Morgan fingerprint density at radius 1 is 1.07 bits per heavy atom. The molecule has 1 aliphatic heterocycles. The minimum atomic E-state index is -0.383. The van der Waals surface area contributed by atoms with Gasteiger partial charge in [-0.2, -0.15) is 10.2 Å². The Morgan fingerprint density at radius 2 is 1.74 bits per heavy atom. The molecule has 1 aromatic carbocycles. The van der Waals surface area contributed by atoms with E-state index < -0.39 is 0 Å². The van der Waals surface area contributed by atoms with Gasteiger partial charge in [0.1, 0.15) is 5.69 Å². The molecule has 27 heavy (non-hydrogen) atoms. The van der Waals surface area contributed by atoms with Crippen LogP contribution < -0.4 is 5.46 Å². The molecule has 0 amide bonds. The molecule has 0 N–H and O–H groups in total. The molecule has 0 atom stereocenters. The highest BCUT2D eigenvalue weighted by atomic mass is 16.7. The van der Waals surface area contributed by atoms with Crippen molar-refractivity contribution in [2.75, 3.05) is 0 Å². The van der Waals surface area contributed by atoms with Crippen molar-refractivity contribution in [3.8, 4) is 11.3 Å². The Balaban J connectivity index is 1.78. The van der Waals surface area contributed by atoms with E-state index in [0.29, 0.717) is 6.04 Å². The van der Waals surface area contributed by atoms with E-state index in [1.54, 1.807) is 0 Å². The van der Waals surface area contributed by atoms with Gasteiger partial charge in [-0.1, -0.05) is 12.1 Å². The van der Waals surface area contributed by atoms with Gasteiger partial charge in [-0.05, 0) is 53.1 Å². The van der Waals surface area contributed by atoms with E-state index in [9.17, 15) is 0 Å². The van der Waals surface area contributed by atoms with Crippen LogP contribution in [0, 0.1) is 0 Å². The molecule has 6 nitrogen and oxygen atoms in total. The van der Waals surface area contributed by atoms with Crippen LogP contribution in [0.3, 0.4) is 0 Å². The van der Waals surface area contributed by atoms with E-state index in [2.05, 4.69) is 64.8 Å². The number of hydrogen-bond donors (Lipinski definition) is 0. The fraction of sp³-hybridized carbons (Fsp3) is 0.500. The number of nitrogens with zero attached hydrogens (tertiary/aromatic N) is 4. The predicted molar refractivity (Wildman–Crippen MR) is 108 cm³/mol. The number of aromatic nitrogens is 4. The molecule has 1 saturated heterocycles. The van der Waals surface area contributed by atoms with E-state index >= 15 is 0 Å². The maximum atomic E-state index is 6.22. The fourth-order valence-corrected chi connectivity index (χ4v) is 3.36. The van der Waals surface area contributed by atoms with Crippen LogP contribution >= 0.6 is 0 Å². The predicted octanol–water partition coefficient (Wildman–Crippen LogP) is 3.32. The lowest BCUT2D eigenvalue weighted by atomic mass is 9.78. The first-order valence-electron chi connectivity index (χ1n) is 9.46. The van der Waals surface area contributed by atoms with Crippen molar-refractivity contribution in [3.05, 3.63) is 30.6 Å². The van der Waals surface area contributed by atoms with Gasteiger partial charge >= 0.3 is 7.12 Å². The molecule has 2 aromatic heterocycles. The highest BCUT2D eigenvalue weighted by Gasteiger charge is 2.51. The summed E-state index contributed by atoms with van der Waals surface area (Å²) in [7, 11) is 1.58. The molecule has 4 rings (SSSR count). The van der Waals surface area contributed by atoms with Crippen LogP contribution in [0.5, 0.6) is 0 Å². The first-order valence-corrected chi connectivity index (χ1v) is 9.46. The Bertz CT molecular complexity index is 987. The van der Waals surface area contributed by atoms with Gasteiger partial charge in [-0.25, -0.2) is 0 Å². The van der Waals surface area contributed by atoms with Gasteiger partial charge in [-0.3, -0.25) is 9.36 Å². The summed E-state index contributed by atoms with van der Waals surface area (Å²) in [6.45, 7) is 12.5. The molecule has 0 aliphatic carbocycles. The summed E-state index contributed by atoms with van der Waals surface area (Å²) in [6.07, 6.45) is 3.93. The number of aryl methyl sites for hydroxylation is 1. The van der Waals surface area contributed by atoms with Gasteiger partial charge in [0, 0.05) is 30.2 Å². The lowest BCUT2D eigenvalue weighted by molar-refractivity contribution is 0.00578. The van der Waals surface area contributed by atoms with Gasteiger partial charge in [0.2, 0.25) is 0 Å². The minimum absolute atomic E-state index is 0.314. The van der Waals surface area contributed by atoms with E-state index in [0.717, 1.165) is 27.6 Å². The van der Waals surface area contributed by atoms with Gasteiger partial charge in [0.25, 0.3) is 0 Å². The maximum absolute atomic E-state index is 6.22. The van der Waals surface area contributed by atoms with Crippen LogP contribution in [0.2, 0.25) is 0 Å². The molecule has 0 spiro atoms. The van der Waals surface area contributed by atoms with Crippen molar-refractivity contribution in [2.24, 2.45) is 7.05 Å². The third kappa shape index (κ3) is 2.89. The summed E-state index contributed by atoms with van der Waals surface area (Å²) in [4.78, 5) is 0. The topological polar surface area (TPSA) is 54.1 Å². The molecule has 0 radical (unpaired) electrons. The average Bonchev–Trinajstić information content (AvgIpc) is 3.23. The second-order valence-electron chi connectivity index (χ2n) is 8.64. The second kappa shape index (κ2) is 5.94. The summed E-state index contributed by atoms with van der Waals surface area (Å²) < 4.78 is 16.3. The Hall–Kier alpha value is -2.12. The summed E-state index contributed by atoms with van der Waals surface area (Å²) in [5.74, 6) is 0. The second-order valence-corrected chi connectivity index (χ2v) is 8.64. The third-order valence-electron chi connectivity index (χ3n) is 5.80. The van der Waals surface area contributed by atoms with Crippen molar-refractivity contribution >= 4 is 23.5 Å². The van der Waals surface area contributed by atoms with Crippen LogP contribution in [-0.4, -0.2) is 37.9 Å². The summed E-state index contributed by atoms with van der Waals surface area (Å²) in [6, 6.07) is 6.59. The molecular weight excluding hydrogens is 339 g/mol. The molecule has 1 fully saturated rings. The molecule has 0 unspecified atom stereocenters. The Morgan fingerprint density at radius 3 is 2.33 bits per heavy atom. The molecule has 3 aromatic rings. The largest absolute Gasteiger partial charge is 0.494 e. The van der Waals surface area contributed by atoms with E-state index in [1.165, 1.54) is 0 Å². The lowest BCUT2D eigenvalue weighted by Gasteiger charge is -2.32. The van der Waals surface area contributed by atoms with Crippen molar-refractivity contribution in [1.29, 1.82) is 0 Å². The highest BCUT2D eigenvalue weighted by molar-refractivity contribution is 6.62. The number of rotatable bonds is 3. The van der Waals surface area contributed by atoms with Gasteiger partial charge in [0.05, 0.1) is 22.9 Å². The first kappa shape index (κ1) is 18.3. The monoisotopic (exact) mass is 366 g/mol. The Labute approximate surface area is 160 Å². The summed E-state index contributed by atoms with van der Waals surface area (Å²) in [5, 5.41) is 10.3. The third-order valence-corrected chi connectivity index (χ3v) is 5.80. The van der Waals surface area contributed by atoms with Crippen molar-refractivity contribution in [2.45, 2.75) is 58.8 Å². The normalized spacial score (nSPS) is 18.7. The molecular formula is C20H27BN4O2. The highest BCUT2D eigenvalue weighted by Crippen LogP contribution is 2.37. The van der Waals surface area contributed by atoms with Crippen LogP contribution in [0.15, 0.2) is 30.6 Å². The quantitative estimate of drug-likeness (QED) is 0.668. The van der Waals surface area contributed by atoms with Crippen molar-refractivity contribution < 1.29 is 9.31 Å². The standard InChI is InChI=1S/C20H27BN4O2/c1-13(2)25-12-14(11-22-25)18-16-10-15(8-9-17(16)24(7)23-18)21-26-19(3,4)20(5,6)27-21/h8-13H,1-7H3. The maximum Gasteiger partial charge on any atom is 0.494 e. The molecule has 7 heteroatoms. The smallest absolute Gasteiger partial charge is 0.399 e. The molecule has 0 bridgehead atoms. The van der Waals surface area contributed by atoms with Gasteiger partial charge < -0.3 is 9.31 Å². The van der Waals surface area contributed by atoms with Crippen LogP contribution in [0.4, 0.5) is 0 Å². The summed E-state index contributed by atoms with van der Waals surface area (Å²) in [5.41, 5.74) is 3.30. The SMILES string of the molecule is CC(C)n1cc(-c2nn(C)c3ccc(B4OC(C)(C)C(C)(C)O4)cc23)cn1. The van der Waals surface area contributed by atoms with Gasteiger partial charge in [-0.15, -0.1) is 0 Å². The fourth-order valence-electron chi connectivity index (χ4n) is 3.36. The first-order chi connectivity index (χ1) is 12.6. The molecule has 1 aliphatic rings. The van der Waals surface area contributed by atoms with Crippen molar-refractivity contribution in [1.82, 2.24) is 19.6 Å². The zero-order valence-corrected chi connectivity index (χ0v) is 17.1. The zero-order chi connectivity index (χ0) is 19.6. The van der Waals surface area contributed by atoms with E-state index in [-0.39, 0.29) is 18.3 Å². The average molecular weight is 366 g/mol. The van der Waals surface area contributed by atoms with Crippen LogP contribution in [0.1, 0.15) is 47.6 Å². The number of fused-ring (bicyclic) bond motifs is 1. The molecule has 0 saturated carbocycles. The number of hydrogen-bond acceptors (Lipinski definition) is 4. The van der Waals surface area contributed by atoms with Crippen molar-refractivity contribution in [3.63, 3.8) is 0 Å². The minimum Gasteiger partial charge on any atom is -0.399 e. The van der Waals surface area contributed by atoms with E-state index in [1.807, 2.05) is 28.8 Å². The van der Waals surface area contributed by atoms with Gasteiger partial charge in [0.15, 0.2) is 0 Å². The van der Waals surface area contributed by atoms with Crippen LogP contribution in [0.25, 0.3) is 22.2 Å². The zero-order valence-electron chi connectivity index (χ0n) is 17.1. The molecule has 3 heterocycles. The Kier molecular flexibility index (Phi) is 4.02. The van der Waals surface area contributed by atoms with Crippen LogP contribution in [-0.2, 0) is 16.4 Å². The van der Waals surface area contributed by atoms with E-state index in [4.69, 9.17) is 14.4 Å². The summed E-state index contributed by atoms with van der Waals surface area (Å²) >= 11 is 0. The molecule has 142 valence electrons.